The van der Waals surface area contributed by atoms with Gasteiger partial charge >= 0.3 is 0 Å². The van der Waals surface area contributed by atoms with Crippen LogP contribution in [0.25, 0.3) is 0 Å². The predicted molar refractivity (Wildman–Crippen MR) is 41.3 cm³/mol. The van der Waals surface area contributed by atoms with Crippen molar-refractivity contribution in [1.29, 1.82) is 0 Å². The summed E-state index contributed by atoms with van der Waals surface area (Å²) in [5.41, 5.74) is -0.614. The van der Waals surface area contributed by atoms with Crippen molar-refractivity contribution in [3.8, 4) is 0 Å². The van der Waals surface area contributed by atoms with E-state index in [0.717, 1.165) is 0 Å². The van der Waals surface area contributed by atoms with Gasteiger partial charge in [0.2, 0.25) is 0 Å². The Morgan fingerprint density at radius 1 is 1.36 bits per heavy atom. The molecule has 1 saturated heterocycles. The summed E-state index contributed by atoms with van der Waals surface area (Å²) in [6.45, 7) is 5.48. The summed E-state index contributed by atoms with van der Waals surface area (Å²) in [6.07, 6.45) is -0.860. The summed E-state index contributed by atoms with van der Waals surface area (Å²) in [6, 6.07) is 0. The van der Waals surface area contributed by atoms with E-state index >= 15 is 0 Å². The fourth-order valence-electron chi connectivity index (χ4n) is 1.57. The Hall–Kier alpha value is -0.120. The second-order valence-electron chi connectivity index (χ2n) is 3.78. The van der Waals surface area contributed by atoms with Crippen molar-refractivity contribution in [3.63, 3.8) is 0 Å². The second-order valence-corrected chi connectivity index (χ2v) is 3.78. The first-order valence-corrected chi connectivity index (χ1v) is 3.97. The van der Waals surface area contributed by atoms with E-state index in [2.05, 4.69) is 0 Å². The summed E-state index contributed by atoms with van der Waals surface area (Å²) >= 11 is 0. The first-order valence-electron chi connectivity index (χ1n) is 3.97. The van der Waals surface area contributed by atoms with E-state index < -0.39 is 17.8 Å². The molecule has 1 fully saturated rings. The third-order valence-electron chi connectivity index (χ3n) is 2.16. The van der Waals surface area contributed by atoms with E-state index in [0.29, 0.717) is 6.42 Å². The van der Waals surface area contributed by atoms with E-state index in [9.17, 15) is 10.2 Å². The third kappa shape index (κ3) is 1.72. The zero-order valence-corrected chi connectivity index (χ0v) is 7.24. The van der Waals surface area contributed by atoms with Crippen LogP contribution >= 0.6 is 0 Å². The normalized spacial score (nSPS) is 43.9. The quantitative estimate of drug-likeness (QED) is 0.535. The van der Waals surface area contributed by atoms with Crippen molar-refractivity contribution < 1.29 is 14.9 Å². The molecule has 0 aromatic heterocycles. The van der Waals surface area contributed by atoms with Gasteiger partial charge in [-0.1, -0.05) is 0 Å². The topological polar surface area (TPSA) is 49.7 Å². The average Bonchev–Trinajstić information content (AvgIpc) is 1.81. The fourth-order valence-corrected chi connectivity index (χ4v) is 1.57. The highest BCUT2D eigenvalue weighted by Gasteiger charge is 2.40. The lowest BCUT2D eigenvalue weighted by Crippen LogP contribution is -2.53. The second kappa shape index (κ2) is 2.73. The van der Waals surface area contributed by atoms with Crippen LogP contribution < -0.4 is 0 Å². The zero-order chi connectivity index (χ0) is 8.65. The molecular weight excluding hydrogens is 144 g/mol. The Kier molecular flexibility index (Phi) is 2.23. The summed E-state index contributed by atoms with van der Waals surface area (Å²) in [4.78, 5) is 0. The van der Waals surface area contributed by atoms with Crippen molar-refractivity contribution in [2.75, 3.05) is 0 Å². The van der Waals surface area contributed by atoms with Crippen LogP contribution in [0.3, 0.4) is 0 Å². The van der Waals surface area contributed by atoms with Gasteiger partial charge in [-0.15, -0.1) is 0 Å². The fraction of sp³-hybridized carbons (Fsp3) is 1.00. The highest BCUT2D eigenvalue weighted by molar-refractivity contribution is 4.90. The predicted octanol–water partition coefficient (Wildman–Crippen LogP) is 0.296. The van der Waals surface area contributed by atoms with Crippen LogP contribution in [0.4, 0.5) is 0 Å². The van der Waals surface area contributed by atoms with E-state index in [1.54, 1.807) is 13.8 Å². The lowest BCUT2D eigenvalue weighted by molar-refractivity contribution is -0.207. The van der Waals surface area contributed by atoms with E-state index in [1.807, 2.05) is 6.92 Å². The molecule has 11 heavy (non-hydrogen) atoms. The van der Waals surface area contributed by atoms with Crippen LogP contribution in [0.15, 0.2) is 0 Å². The molecule has 3 atom stereocenters. The zero-order valence-electron chi connectivity index (χ0n) is 7.24. The van der Waals surface area contributed by atoms with Gasteiger partial charge < -0.3 is 14.9 Å². The smallest absolute Gasteiger partial charge is 0.108 e. The maximum Gasteiger partial charge on any atom is 0.108 e. The van der Waals surface area contributed by atoms with Crippen LogP contribution in [0.2, 0.25) is 0 Å². The number of hydrogen-bond donors (Lipinski definition) is 2. The third-order valence-corrected chi connectivity index (χ3v) is 2.16. The van der Waals surface area contributed by atoms with E-state index in [-0.39, 0.29) is 6.10 Å². The van der Waals surface area contributed by atoms with Crippen molar-refractivity contribution in [2.45, 2.75) is 51.1 Å². The lowest BCUT2D eigenvalue weighted by atomic mass is 9.90. The van der Waals surface area contributed by atoms with Crippen LogP contribution in [-0.4, -0.2) is 34.1 Å². The van der Waals surface area contributed by atoms with Crippen molar-refractivity contribution in [2.24, 2.45) is 0 Å². The largest absolute Gasteiger partial charge is 0.390 e. The first kappa shape index (κ1) is 8.97. The van der Waals surface area contributed by atoms with E-state index in [1.165, 1.54) is 0 Å². The Bertz CT molecular complexity index is 144. The highest BCUT2D eigenvalue weighted by atomic mass is 16.5. The van der Waals surface area contributed by atoms with Crippen molar-refractivity contribution >= 4 is 0 Å². The molecule has 0 unspecified atom stereocenters. The Balaban J connectivity index is 2.67. The van der Waals surface area contributed by atoms with Gasteiger partial charge in [0, 0.05) is 6.42 Å². The van der Waals surface area contributed by atoms with Gasteiger partial charge in [-0.2, -0.15) is 0 Å². The standard InChI is InChI=1S/C8H16O3/c1-5-4-6(9)7(10)8(2,3)11-5/h5-7,9-10H,4H2,1-3H3/t5-,6+,7+/m0/s1. The van der Waals surface area contributed by atoms with Crippen LogP contribution in [0.1, 0.15) is 27.2 Å². The number of rotatable bonds is 0. The molecule has 0 spiro atoms. The van der Waals surface area contributed by atoms with Crippen molar-refractivity contribution in [1.82, 2.24) is 0 Å². The monoisotopic (exact) mass is 160 g/mol. The average molecular weight is 160 g/mol. The van der Waals surface area contributed by atoms with Gasteiger partial charge in [-0.05, 0) is 20.8 Å². The highest BCUT2D eigenvalue weighted by Crippen LogP contribution is 2.28. The maximum atomic E-state index is 9.45. The summed E-state index contributed by atoms with van der Waals surface area (Å²) in [7, 11) is 0. The van der Waals surface area contributed by atoms with Gasteiger partial charge in [-0.25, -0.2) is 0 Å². The lowest BCUT2D eigenvalue weighted by Gasteiger charge is -2.41. The molecule has 1 rings (SSSR count). The van der Waals surface area contributed by atoms with Gasteiger partial charge in [0.1, 0.15) is 6.10 Å². The van der Waals surface area contributed by atoms with Crippen LogP contribution in [-0.2, 0) is 4.74 Å². The Labute approximate surface area is 67.0 Å². The molecule has 0 aromatic rings. The molecule has 0 radical (unpaired) electrons. The van der Waals surface area contributed by atoms with Gasteiger partial charge in [0.05, 0.1) is 17.8 Å². The molecule has 3 nitrogen and oxygen atoms in total. The molecule has 0 saturated carbocycles. The molecular formula is C8H16O3. The molecule has 2 N–H and O–H groups in total. The molecule has 0 amide bonds. The van der Waals surface area contributed by atoms with Gasteiger partial charge in [0.25, 0.3) is 0 Å². The first-order chi connectivity index (χ1) is 4.93. The maximum absolute atomic E-state index is 9.45. The molecule has 0 aromatic carbocycles. The summed E-state index contributed by atoms with van der Waals surface area (Å²) < 4.78 is 5.45. The van der Waals surface area contributed by atoms with Crippen molar-refractivity contribution in [3.05, 3.63) is 0 Å². The summed E-state index contributed by atoms with van der Waals surface area (Å²) in [5, 5.41) is 18.8. The van der Waals surface area contributed by atoms with Crippen LogP contribution in [0, 0.1) is 0 Å². The number of aliphatic hydroxyl groups excluding tert-OH is 2. The molecule has 0 bridgehead atoms. The molecule has 0 aliphatic carbocycles. The van der Waals surface area contributed by atoms with Crippen LogP contribution in [0.5, 0.6) is 0 Å². The van der Waals surface area contributed by atoms with Gasteiger partial charge in [-0.3, -0.25) is 0 Å². The molecule has 1 aliphatic heterocycles. The van der Waals surface area contributed by atoms with E-state index in [4.69, 9.17) is 4.74 Å². The number of hydrogen-bond acceptors (Lipinski definition) is 3. The summed E-state index contributed by atoms with van der Waals surface area (Å²) in [5.74, 6) is 0. The Morgan fingerprint density at radius 2 is 1.91 bits per heavy atom. The number of ether oxygens (including phenoxy) is 1. The Morgan fingerprint density at radius 3 is 2.36 bits per heavy atom. The molecule has 1 aliphatic rings. The minimum atomic E-state index is -0.765. The SMILES string of the molecule is C[C@H]1C[C@@H](O)[C@@H](O)C(C)(C)O1. The van der Waals surface area contributed by atoms with Gasteiger partial charge in [0.15, 0.2) is 0 Å². The number of aliphatic hydroxyl groups is 2. The molecule has 1 heterocycles. The minimum absolute atomic E-state index is 0.0309. The molecule has 3 heteroatoms. The minimum Gasteiger partial charge on any atom is -0.390 e. The molecule has 66 valence electrons.